The molecule has 0 aliphatic rings. The number of nitrogens with zero attached hydrogens (tertiary/aromatic N) is 2. The van der Waals surface area contributed by atoms with Crippen molar-refractivity contribution in [2.24, 2.45) is 0 Å². The van der Waals surface area contributed by atoms with E-state index in [0.29, 0.717) is 17.8 Å². The van der Waals surface area contributed by atoms with Gasteiger partial charge >= 0.3 is 5.97 Å². The number of aryl methyl sites for hydroxylation is 1. The van der Waals surface area contributed by atoms with Crippen LogP contribution < -0.4 is 5.56 Å². The van der Waals surface area contributed by atoms with Crippen LogP contribution in [0.2, 0.25) is 0 Å². The van der Waals surface area contributed by atoms with E-state index in [1.165, 1.54) is 11.3 Å². The molecule has 6 heteroatoms. The number of benzene rings is 2. The fraction of sp³-hybridized carbons (Fsp3) is 0.0952. The summed E-state index contributed by atoms with van der Waals surface area (Å²) in [6, 6.07) is 18.4. The Morgan fingerprint density at radius 2 is 1.81 bits per heavy atom. The van der Waals surface area contributed by atoms with Gasteiger partial charge in [-0.3, -0.25) is 9.36 Å². The highest BCUT2D eigenvalue weighted by Gasteiger charge is 2.13. The van der Waals surface area contributed by atoms with Gasteiger partial charge in [0.05, 0.1) is 17.5 Å². The van der Waals surface area contributed by atoms with Crippen LogP contribution >= 0.6 is 11.3 Å². The number of carboxylic acids is 1. The first-order valence-corrected chi connectivity index (χ1v) is 9.23. The zero-order chi connectivity index (χ0) is 19.0. The Labute approximate surface area is 159 Å². The van der Waals surface area contributed by atoms with Crippen LogP contribution in [0.5, 0.6) is 0 Å². The van der Waals surface area contributed by atoms with E-state index in [2.05, 4.69) is 4.98 Å². The lowest BCUT2D eigenvalue weighted by Crippen LogP contribution is -2.23. The highest BCUT2D eigenvalue weighted by Crippen LogP contribution is 2.31. The van der Waals surface area contributed by atoms with Crippen molar-refractivity contribution in [3.63, 3.8) is 0 Å². The van der Waals surface area contributed by atoms with E-state index in [1.807, 2.05) is 43.3 Å². The maximum absolute atomic E-state index is 13.0. The summed E-state index contributed by atoms with van der Waals surface area (Å²) >= 11 is 1.51. The largest absolute Gasteiger partial charge is 0.478 e. The van der Waals surface area contributed by atoms with Crippen molar-refractivity contribution in [3.8, 4) is 10.4 Å². The normalized spacial score (nSPS) is 11.0. The number of hydrogen-bond donors (Lipinski definition) is 1. The van der Waals surface area contributed by atoms with Gasteiger partial charge in [0.1, 0.15) is 10.7 Å². The third kappa shape index (κ3) is 3.27. The van der Waals surface area contributed by atoms with E-state index in [4.69, 9.17) is 5.11 Å². The Morgan fingerprint density at radius 1 is 1.11 bits per heavy atom. The molecule has 0 spiro atoms. The first kappa shape index (κ1) is 17.2. The Morgan fingerprint density at radius 3 is 2.48 bits per heavy atom. The smallest absolute Gasteiger partial charge is 0.335 e. The molecule has 1 N–H and O–H groups in total. The molecular formula is C21H16N2O3S. The number of aromatic carboxylic acids is 1. The first-order valence-electron chi connectivity index (χ1n) is 8.41. The van der Waals surface area contributed by atoms with Crippen LogP contribution in [0, 0.1) is 6.92 Å². The summed E-state index contributed by atoms with van der Waals surface area (Å²) in [4.78, 5) is 30.3. The van der Waals surface area contributed by atoms with Gasteiger partial charge in [-0.1, -0.05) is 42.5 Å². The fourth-order valence-corrected chi connectivity index (χ4v) is 4.06. The Kier molecular flexibility index (Phi) is 4.33. The minimum absolute atomic E-state index is 0.0850. The lowest BCUT2D eigenvalue weighted by Gasteiger charge is -2.09. The molecule has 0 fully saturated rings. The van der Waals surface area contributed by atoms with E-state index in [0.717, 1.165) is 20.8 Å². The van der Waals surface area contributed by atoms with Crippen LogP contribution in [-0.4, -0.2) is 20.6 Å². The molecule has 0 amide bonds. The SMILES string of the molecule is Cc1nc2sc(-c3ccccc3)cc2c(=O)n1Cc1ccc(C(=O)O)cc1. The van der Waals surface area contributed by atoms with Gasteiger partial charge in [0, 0.05) is 4.88 Å². The Bertz CT molecular complexity index is 1190. The molecule has 4 rings (SSSR count). The molecule has 4 aromatic rings. The molecule has 0 unspecified atom stereocenters. The first-order chi connectivity index (χ1) is 13.0. The third-order valence-corrected chi connectivity index (χ3v) is 5.52. The summed E-state index contributed by atoms with van der Waals surface area (Å²) in [6.45, 7) is 2.17. The van der Waals surface area contributed by atoms with E-state index < -0.39 is 5.97 Å². The van der Waals surface area contributed by atoms with Crippen molar-refractivity contribution < 1.29 is 9.90 Å². The molecule has 2 aromatic heterocycles. The summed E-state index contributed by atoms with van der Waals surface area (Å²) in [6.07, 6.45) is 0. The van der Waals surface area contributed by atoms with Crippen molar-refractivity contribution in [2.75, 3.05) is 0 Å². The zero-order valence-corrected chi connectivity index (χ0v) is 15.4. The highest BCUT2D eigenvalue weighted by molar-refractivity contribution is 7.21. The Hall–Kier alpha value is -3.25. The summed E-state index contributed by atoms with van der Waals surface area (Å²) in [5, 5.41) is 9.61. The molecular weight excluding hydrogens is 360 g/mol. The maximum Gasteiger partial charge on any atom is 0.335 e. The van der Waals surface area contributed by atoms with Gasteiger partial charge in [0.15, 0.2) is 0 Å². The second-order valence-corrected chi connectivity index (χ2v) is 7.28. The van der Waals surface area contributed by atoms with Gasteiger partial charge in [-0.25, -0.2) is 9.78 Å². The number of thiophene rings is 1. The van der Waals surface area contributed by atoms with Crippen LogP contribution in [0.3, 0.4) is 0 Å². The summed E-state index contributed by atoms with van der Waals surface area (Å²) in [7, 11) is 0. The molecule has 2 heterocycles. The molecule has 0 saturated heterocycles. The van der Waals surface area contributed by atoms with Gasteiger partial charge in [-0.15, -0.1) is 11.3 Å². The van der Waals surface area contributed by atoms with Crippen LogP contribution in [0.1, 0.15) is 21.7 Å². The number of carboxylic acid groups (broad SMARTS) is 1. The number of rotatable bonds is 4. The fourth-order valence-electron chi connectivity index (χ4n) is 2.98. The van der Waals surface area contributed by atoms with Crippen molar-refractivity contribution >= 4 is 27.5 Å². The van der Waals surface area contributed by atoms with Gasteiger partial charge in [0.25, 0.3) is 5.56 Å². The van der Waals surface area contributed by atoms with Crippen molar-refractivity contribution in [2.45, 2.75) is 13.5 Å². The molecule has 0 bridgehead atoms. The molecule has 0 saturated carbocycles. The van der Waals surface area contributed by atoms with Crippen LogP contribution in [0.25, 0.3) is 20.7 Å². The van der Waals surface area contributed by atoms with Crippen LogP contribution in [0.15, 0.2) is 65.5 Å². The quantitative estimate of drug-likeness (QED) is 0.580. The van der Waals surface area contributed by atoms with Crippen molar-refractivity contribution in [1.29, 1.82) is 0 Å². The number of hydrogen-bond acceptors (Lipinski definition) is 4. The standard InChI is InChI=1S/C21H16N2O3S/c1-13-22-19-17(11-18(27-19)15-5-3-2-4-6-15)20(24)23(13)12-14-7-9-16(10-8-14)21(25)26/h2-11H,12H2,1H3,(H,25,26). The average Bonchev–Trinajstić information content (AvgIpc) is 3.10. The molecule has 2 aromatic carbocycles. The Balaban J connectivity index is 1.75. The van der Waals surface area contributed by atoms with Crippen LogP contribution in [0.4, 0.5) is 0 Å². The van der Waals surface area contributed by atoms with Gasteiger partial charge in [-0.2, -0.15) is 0 Å². The molecule has 0 atom stereocenters. The molecule has 134 valence electrons. The predicted molar refractivity (Wildman–Crippen MR) is 107 cm³/mol. The summed E-state index contributed by atoms with van der Waals surface area (Å²) in [5.41, 5.74) is 2.05. The topological polar surface area (TPSA) is 72.2 Å². The summed E-state index contributed by atoms with van der Waals surface area (Å²) in [5.74, 6) is -0.332. The van der Waals surface area contributed by atoms with Crippen molar-refractivity contribution in [3.05, 3.63) is 88.0 Å². The van der Waals surface area contributed by atoms with E-state index in [9.17, 15) is 9.59 Å². The lowest BCUT2D eigenvalue weighted by molar-refractivity contribution is 0.0697. The average molecular weight is 376 g/mol. The monoisotopic (exact) mass is 376 g/mol. The van der Waals surface area contributed by atoms with Gasteiger partial charge in [0.2, 0.25) is 0 Å². The highest BCUT2D eigenvalue weighted by atomic mass is 32.1. The van der Waals surface area contributed by atoms with Gasteiger partial charge < -0.3 is 5.11 Å². The number of carbonyl (C=O) groups is 1. The van der Waals surface area contributed by atoms with E-state index in [-0.39, 0.29) is 11.1 Å². The third-order valence-electron chi connectivity index (χ3n) is 4.44. The lowest BCUT2D eigenvalue weighted by atomic mass is 10.1. The molecule has 0 aliphatic heterocycles. The molecule has 0 aliphatic carbocycles. The van der Waals surface area contributed by atoms with E-state index in [1.54, 1.807) is 28.8 Å². The zero-order valence-electron chi connectivity index (χ0n) is 14.5. The maximum atomic E-state index is 13.0. The summed E-state index contributed by atoms with van der Waals surface area (Å²) < 4.78 is 1.62. The van der Waals surface area contributed by atoms with Crippen molar-refractivity contribution in [1.82, 2.24) is 9.55 Å². The number of fused-ring (bicyclic) bond motifs is 1. The minimum atomic E-state index is -0.968. The predicted octanol–water partition coefficient (Wildman–Crippen LogP) is 4.18. The second-order valence-electron chi connectivity index (χ2n) is 6.25. The second kappa shape index (κ2) is 6.81. The van der Waals surface area contributed by atoms with Crippen LogP contribution in [-0.2, 0) is 6.54 Å². The molecule has 27 heavy (non-hydrogen) atoms. The van der Waals surface area contributed by atoms with Gasteiger partial charge in [-0.05, 0) is 36.2 Å². The minimum Gasteiger partial charge on any atom is -0.478 e. The molecule has 0 radical (unpaired) electrons. The van der Waals surface area contributed by atoms with E-state index >= 15 is 0 Å². The number of aromatic nitrogens is 2. The molecule has 5 nitrogen and oxygen atoms in total.